The van der Waals surface area contributed by atoms with E-state index in [-0.39, 0.29) is 28.6 Å². The highest BCUT2D eigenvalue weighted by atomic mass is 32.2. The van der Waals surface area contributed by atoms with Crippen molar-refractivity contribution in [3.05, 3.63) is 95.6 Å². The minimum atomic E-state index is -3.75. The molecule has 0 fully saturated rings. The van der Waals surface area contributed by atoms with E-state index in [1.807, 2.05) is 30.3 Å². The van der Waals surface area contributed by atoms with Crippen molar-refractivity contribution < 1.29 is 17.9 Å². The first-order chi connectivity index (χ1) is 16.4. The molecule has 0 spiro atoms. The maximum Gasteiger partial charge on any atom is 0.261 e. The number of anilines is 2. The zero-order valence-corrected chi connectivity index (χ0v) is 19.8. The first-order valence-corrected chi connectivity index (χ1v) is 12.7. The molecule has 0 aromatic heterocycles. The van der Waals surface area contributed by atoms with E-state index in [1.165, 1.54) is 0 Å². The number of Topliss-reactive ketones (excluding diaryl/α,β-unsaturated/α-hetero) is 1. The van der Waals surface area contributed by atoms with Gasteiger partial charge in [-0.15, -0.1) is 0 Å². The summed E-state index contributed by atoms with van der Waals surface area (Å²) in [6, 6.07) is 19.9. The number of methoxy groups -OCH3 is 1. The molecule has 0 bridgehead atoms. The van der Waals surface area contributed by atoms with Crippen LogP contribution in [0.25, 0.3) is 0 Å². The first-order valence-electron chi connectivity index (χ1n) is 11.2. The highest BCUT2D eigenvalue weighted by Crippen LogP contribution is 2.50. The quantitative estimate of drug-likeness (QED) is 0.363. The van der Waals surface area contributed by atoms with Crippen LogP contribution in [0, 0.1) is 5.92 Å². The summed E-state index contributed by atoms with van der Waals surface area (Å²) in [6.07, 6.45) is 5.24. The van der Waals surface area contributed by atoms with E-state index in [1.54, 1.807) is 50.4 Å². The summed E-state index contributed by atoms with van der Waals surface area (Å²) in [4.78, 5) is 11.9. The molecule has 3 aromatic rings. The van der Waals surface area contributed by atoms with Gasteiger partial charge < -0.3 is 10.1 Å². The van der Waals surface area contributed by atoms with E-state index in [9.17, 15) is 13.2 Å². The molecule has 1 heterocycles. The third-order valence-electron chi connectivity index (χ3n) is 6.66. The first kappa shape index (κ1) is 22.2. The second-order valence-electron chi connectivity index (χ2n) is 8.74. The fourth-order valence-corrected chi connectivity index (χ4v) is 5.96. The molecule has 1 aliphatic carbocycles. The van der Waals surface area contributed by atoms with Gasteiger partial charge in [-0.05, 0) is 72.9 Å². The highest BCUT2D eigenvalue weighted by molar-refractivity contribution is 7.92. The predicted molar refractivity (Wildman–Crippen MR) is 133 cm³/mol. The van der Waals surface area contributed by atoms with Crippen molar-refractivity contribution in [1.29, 1.82) is 0 Å². The van der Waals surface area contributed by atoms with E-state index in [2.05, 4.69) is 22.2 Å². The molecule has 1 aliphatic heterocycles. The molecular weight excluding hydrogens is 448 g/mol. The lowest BCUT2D eigenvalue weighted by Crippen LogP contribution is -2.29. The highest BCUT2D eigenvalue weighted by Gasteiger charge is 2.38. The van der Waals surface area contributed by atoms with Gasteiger partial charge in [-0.25, -0.2) is 8.42 Å². The van der Waals surface area contributed by atoms with Crippen molar-refractivity contribution in [2.24, 2.45) is 5.92 Å². The number of ketones is 1. The molecule has 2 N–H and O–H groups in total. The average Bonchev–Trinajstić information content (AvgIpc) is 3.34. The summed E-state index contributed by atoms with van der Waals surface area (Å²) < 4.78 is 34.0. The fraction of sp³-hybridized carbons (Fsp3) is 0.222. The number of fused-ring (bicyclic) bond motifs is 3. The molecule has 0 saturated heterocycles. The van der Waals surface area contributed by atoms with Crippen LogP contribution in [-0.4, -0.2) is 21.3 Å². The Balaban J connectivity index is 1.44. The van der Waals surface area contributed by atoms with Crippen LogP contribution in [-0.2, 0) is 10.0 Å². The topological polar surface area (TPSA) is 84.5 Å². The zero-order valence-electron chi connectivity index (χ0n) is 19.0. The van der Waals surface area contributed by atoms with Crippen LogP contribution in [0.15, 0.2) is 83.8 Å². The normalized spacial score (nSPS) is 20.7. The van der Waals surface area contributed by atoms with Crippen molar-refractivity contribution in [2.75, 3.05) is 17.1 Å². The Morgan fingerprint density at radius 3 is 2.44 bits per heavy atom. The Morgan fingerprint density at radius 2 is 1.76 bits per heavy atom. The minimum absolute atomic E-state index is 0.0471. The van der Waals surface area contributed by atoms with Gasteiger partial charge in [0.2, 0.25) is 0 Å². The Morgan fingerprint density at radius 1 is 1.03 bits per heavy atom. The van der Waals surface area contributed by atoms with E-state index < -0.39 is 10.0 Å². The largest absolute Gasteiger partial charge is 0.497 e. The Kier molecular flexibility index (Phi) is 5.65. The van der Waals surface area contributed by atoms with Gasteiger partial charge in [0, 0.05) is 22.9 Å². The molecule has 0 saturated carbocycles. The average molecular weight is 475 g/mol. The lowest BCUT2D eigenvalue weighted by atomic mass is 9.77. The number of nitrogens with one attached hydrogen (secondary N) is 2. The van der Waals surface area contributed by atoms with Gasteiger partial charge in [0.1, 0.15) is 5.75 Å². The molecule has 0 unspecified atom stereocenters. The molecule has 3 atom stereocenters. The summed E-state index contributed by atoms with van der Waals surface area (Å²) in [5.74, 6) is 1.09. The Hall–Kier alpha value is -3.58. The van der Waals surface area contributed by atoms with Gasteiger partial charge in [-0.2, -0.15) is 0 Å². The van der Waals surface area contributed by atoms with Gasteiger partial charge in [-0.3, -0.25) is 9.52 Å². The fourth-order valence-electron chi connectivity index (χ4n) is 4.87. The van der Waals surface area contributed by atoms with Crippen LogP contribution in [0.2, 0.25) is 0 Å². The van der Waals surface area contributed by atoms with Crippen LogP contribution in [0.4, 0.5) is 11.4 Å². The van der Waals surface area contributed by atoms with Crippen molar-refractivity contribution in [3.63, 3.8) is 0 Å². The second-order valence-corrected chi connectivity index (χ2v) is 10.4. The Labute approximate surface area is 199 Å². The number of carbonyl (C=O) groups excluding carboxylic acids is 1. The number of ether oxygens (including phenoxy) is 1. The van der Waals surface area contributed by atoms with E-state index in [4.69, 9.17) is 4.74 Å². The van der Waals surface area contributed by atoms with Gasteiger partial charge in [-0.1, -0.05) is 36.4 Å². The molecule has 6 nitrogen and oxygen atoms in total. The number of carbonyl (C=O) groups is 1. The third kappa shape index (κ3) is 4.07. The molecule has 3 aromatic carbocycles. The molecule has 34 heavy (non-hydrogen) atoms. The van der Waals surface area contributed by atoms with Crippen LogP contribution < -0.4 is 14.8 Å². The third-order valence-corrected chi connectivity index (χ3v) is 8.04. The number of benzene rings is 3. The summed E-state index contributed by atoms with van der Waals surface area (Å²) in [5.41, 5.74) is 4.20. The van der Waals surface area contributed by atoms with E-state index in [0.717, 1.165) is 23.2 Å². The summed E-state index contributed by atoms with van der Waals surface area (Å²) in [7, 11) is -2.18. The second kappa shape index (κ2) is 8.65. The van der Waals surface area contributed by atoms with E-state index in [0.29, 0.717) is 17.0 Å². The lowest BCUT2D eigenvalue weighted by Gasteiger charge is -2.37. The van der Waals surface area contributed by atoms with Crippen LogP contribution in [0.3, 0.4) is 0 Å². The molecule has 0 radical (unpaired) electrons. The van der Waals surface area contributed by atoms with E-state index >= 15 is 0 Å². The summed E-state index contributed by atoms with van der Waals surface area (Å²) >= 11 is 0. The number of rotatable bonds is 6. The Bertz CT molecular complexity index is 1360. The monoisotopic (exact) mass is 474 g/mol. The van der Waals surface area contributed by atoms with Crippen LogP contribution in [0.1, 0.15) is 46.8 Å². The van der Waals surface area contributed by atoms with Crippen LogP contribution >= 0.6 is 0 Å². The van der Waals surface area contributed by atoms with Crippen LogP contribution in [0.5, 0.6) is 5.75 Å². The van der Waals surface area contributed by atoms with Crippen molar-refractivity contribution in [3.8, 4) is 5.75 Å². The summed E-state index contributed by atoms with van der Waals surface area (Å²) in [6.45, 7) is 1.57. The van der Waals surface area contributed by atoms with Gasteiger partial charge in [0.15, 0.2) is 5.78 Å². The van der Waals surface area contributed by atoms with Gasteiger partial charge >= 0.3 is 0 Å². The number of allylic oxidation sites excluding steroid dienone is 2. The SMILES string of the molecule is COc1ccc(NS(=O)(=O)c2ccc3c(c2)[C@H]2C=CC[C@H]2[C@@H](c2ccc(C(C)=O)cc2)N3)cc1. The predicted octanol–water partition coefficient (Wildman–Crippen LogP) is 5.53. The van der Waals surface area contributed by atoms with Gasteiger partial charge in [0.05, 0.1) is 18.0 Å². The number of hydrogen-bond donors (Lipinski definition) is 2. The molecule has 174 valence electrons. The molecule has 5 rings (SSSR count). The number of hydrogen-bond acceptors (Lipinski definition) is 5. The molecule has 0 amide bonds. The molecule has 7 heteroatoms. The molecular formula is C27H26N2O4S. The van der Waals surface area contributed by atoms with Crippen molar-refractivity contribution >= 4 is 27.2 Å². The lowest BCUT2D eigenvalue weighted by molar-refractivity contribution is 0.101. The summed E-state index contributed by atoms with van der Waals surface area (Å²) in [5, 5.41) is 3.62. The number of sulfonamides is 1. The van der Waals surface area contributed by atoms with Crippen molar-refractivity contribution in [1.82, 2.24) is 0 Å². The maximum absolute atomic E-state index is 13.1. The maximum atomic E-state index is 13.1. The standard InChI is InChI=1S/C27H26N2O4S/c1-17(30)18-6-8-19(9-7-18)27-24-5-3-4-23(24)25-16-22(14-15-26(25)28-27)34(31,32)29-20-10-12-21(33-2)13-11-20/h3-4,6-16,23-24,27-29H,5H2,1-2H3/t23-,24+,27+/m0/s1. The molecule has 2 aliphatic rings. The van der Waals surface area contributed by atoms with Crippen molar-refractivity contribution in [2.45, 2.75) is 30.2 Å². The zero-order chi connectivity index (χ0) is 23.9. The minimum Gasteiger partial charge on any atom is -0.497 e. The smallest absolute Gasteiger partial charge is 0.261 e. The van der Waals surface area contributed by atoms with Gasteiger partial charge in [0.25, 0.3) is 10.0 Å².